The Morgan fingerprint density at radius 1 is 1.47 bits per heavy atom. The molecule has 0 spiro atoms. The van der Waals surface area contributed by atoms with Gasteiger partial charge in [-0.2, -0.15) is 0 Å². The van der Waals surface area contributed by atoms with Gasteiger partial charge in [0.05, 0.1) is 6.61 Å². The lowest BCUT2D eigenvalue weighted by Gasteiger charge is -2.05. The van der Waals surface area contributed by atoms with E-state index in [2.05, 4.69) is 10.3 Å². The smallest absolute Gasteiger partial charge is 0.265 e. The summed E-state index contributed by atoms with van der Waals surface area (Å²) in [5.74, 6) is -0.663. The number of nitrogen functional groups attached to an aromatic ring is 1. The summed E-state index contributed by atoms with van der Waals surface area (Å²) in [7, 11) is 3.63. The molecule has 9 heteroatoms. The van der Waals surface area contributed by atoms with Crippen LogP contribution in [-0.4, -0.2) is 50.7 Å². The quantitative estimate of drug-likeness (QED) is 0.554. The highest BCUT2D eigenvalue weighted by Gasteiger charge is 2.16. The molecule has 0 saturated heterocycles. The summed E-state index contributed by atoms with van der Waals surface area (Å²) in [6.45, 7) is 0.304. The standard InChI is InChI=1S/C10H17N5O3S/c1-15(2)10-14-8(12)7(19-10)9(17)13-3-4-18-5-6(11)16/h3-5,12H2,1-2H3,(H2,11,16)(H,13,17). The third-order valence-corrected chi connectivity index (χ3v) is 3.24. The first-order valence-electron chi connectivity index (χ1n) is 5.49. The molecule has 1 aromatic rings. The van der Waals surface area contributed by atoms with E-state index in [1.807, 2.05) is 14.1 Å². The highest BCUT2D eigenvalue weighted by Crippen LogP contribution is 2.26. The molecule has 0 aliphatic rings. The van der Waals surface area contributed by atoms with Crippen LogP contribution in [0, 0.1) is 0 Å². The summed E-state index contributed by atoms with van der Waals surface area (Å²) in [4.78, 5) is 28.4. The number of carbonyl (C=O) groups excluding carboxylic acids is 2. The predicted molar refractivity (Wildman–Crippen MR) is 73.2 cm³/mol. The van der Waals surface area contributed by atoms with Gasteiger partial charge in [0.2, 0.25) is 5.91 Å². The molecule has 0 unspecified atom stereocenters. The lowest BCUT2D eigenvalue weighted by molar-refractivity contribution is -0.122. The molecule has 1 rings (SSSR count). The van der Waals surface area contributed by atoms with E-state index < -0.39 is 5.91 Å². The van der Waals surface area contributed by atoms with E-state index in [0.717, 1.165) is 0 Å². The van der Waals surface area contributed by atoms with Gasteiger partial charge < -0.3 is 26.4 Å². The Hall–Kier alpha value is -1.87. The number of primary amides is 1. The van der Waals surface area contributed by atoms with Crippen LogP contribution in [0.15, 0.2) is 0 Å². The van der Waals surface area contributed by atoms with Crippen molar-refractivity contribution in [1.29, 1.82) is 0 Å². The van der Waals surface area contributed by atoms with Crippen molar-refractivity contribution >= 4 is 34.1 Å². The second kappa shape index (κ2) is 6.90. The van der Waals surface area contributed by atoms with Gasteiger partial charge >= 0.3 is 0 Å². The summed E-state index contributed by atoms with van der Waals surface area (Å²) in [6.07, 6.45) is 0. The van der Waals surface area contributed by atoms with Crippen LogP contribution in [0.5, 0.6) is 0 Å². The zero-order chi connectivity index (χ0) is 14.4. The van der Waals surface area contributed by atoms with Gasteiger partial charge in [0.1, 0.15) is 17.3 Å². The Morgan fingerprint density at radius 3 is 2.68 bits per heavy atom. The third kappa shape index (κ3) is 4.72. The maximum absolute atomic E-state index is 11.8. The van der Waals surface area contributed by atoms with Gasteiger partial charge in [-0.3, -0.25) is 9.59 Å². The molecule has 0 radical (unpaired) electrons. The minimum atomic E-state index is -0.548. The van der Waals surface area contributed by atoms with Crippen LogP contribution in [0.3, 0.4) is 0 Å². The normalized spacial score (nSPS) is 10.2. The number of amides is 2. The fourth-order valence-corrected chi connectivity index (χ4v) is 1.99. The number of nitrogens with one attached hydrogen (secondary N) is 1. The molecule has 0 atom stereocenters. The molecule has 5 N–H and O–H groups in total. The van der Waals surface area contributed by atoms with Gasteiger partial charge in [0.15, 0.2) is 5.13 Å². The number of rotatable bonds is 7. The number of anilines is 2. The number of nitrogens with zero attached hydrogens (tertiary/aromatic N) is 2. The first-order valence-corrected chi connectivity index (χ1v) is 6.31. The summed E-state index contributed by atoms with van der Waals surface area (Å²) >= 11 is 1.21. The molecular weight excluding hydrogens is 270 g/mol. The Morgan fingerprint density at radius 2 is 2.16 bits per heavy atom. The van der Waals surface area contributed by atoms with Gasteiger partial charge in [0.25, 0.3) is 5.91 Å². The van der Waals surface area contributed by atoms with Crippen molar-refractivity contribution in [3.63, 3.8) is 0 Å². The second-order valence-electron chi connectivity index (χ2n) is 3.88. The molecule has 0 bridgehead atoms. The first kappa shape index (κ1) is 15.2. The van der Waals surface area contributed by atoms with E-state index >= 15 is 0 Å². The molecule has 8 nitrogen and oxygen atoms in total. The van der Waals surface area contributed by atoms with Gasteiger partial charge in [-0.1, -0.05) is 11.3 Å². The van der Waals surface area contributed by atoms with Crippen molar-refractivity contribution < 1.29 is 14.3 Å². The topological polar surface area (TPSA) is 124 Å². The van der Waals surface area contributed by atoms with E-state index in [0.29, 0.717) is 10.0 Å². The molecule has 0 saturated carbocycles. The van der Waals surface area contributed by atoms with Crippen LogP contribution in [0.25, 0.3) is 0 Å². The van der Waals surface area contributed by atoms with Crippen molar-refractivity contribution in [1.82, 2.24) is 10.3 Å². The number of thiazole rings is 1. The minimum absolute atomic E-state index is 0.163. The average molecular weight is 287 g/mol. The van der Waals surface area contributed by atoms with Gasteiger partial charge in [-0.25, -0.2) is 4.98 Å². The first-order chi connectivity index (χ1) is 8.91. The van der Waals surface area contributed by atoms with Crippen LogP contribution >= 0.6 is 11.3 Å². The van der Waals surface area contributed by atoms with Crippen molar-refractivity contribution in [3.05, 3.63) is 4.88 Å². The molecule has 0 aliphatic heterocycles. The molecule has 2 amide bonds. The molecule has 0 aliphatic carbocycles. The summed E-state index contributed by atoms with van der Waals surface area (Å²) in [5.41, 5.74) is 10.6. The van der Waals surface area contributed by atoms with Crippen molar-refractivity contribution in [2.24, 2.45) is 5.73 Å². The molecule has 0 aromatic carbocycles. The van der Waals surface area contributed by atoms with Gasteiger partial charge in [-0.15, -0.1) is 0 Å². The molecular formula is C10H17N5O3S. The van der Waals surface area contributed by atoms with E-state index in [1.54, 1.807) is 4.90 Å². The third-order valence-electron chi connectivity index (χ3n) is 2.01. The Bertz CT molecular complexity index is 460. The summed E-state index contributed by atoms with van der Waals surface area (Å²) in [6, 6.07) is 0. The van der Waals surface area contributed by atoms with Crippen LogP contribution in [0.2, 0.25) is 0 Å². The molecule has 0 fully saturated rings. The van der Waals surface area contributed by atoms with Crippen molar-refractivity contribution in [2.45, 2.75) is 0 Å². The molecule has 106 valence electrons. The zero-order valence-corrected chi connectivity index (χ0v) is 11.6. The fraction of sp³-hybridized carbons (Fsp3) is 0.500. The maximum atomic E-state index is 11.8. The van der Waals surface area contributed by atoms with Crippen LogP contribution < -0.4 is 21.7 Å². The highest BCUT2D eigenvalue weighted by molar-refractivity contribution is 7.18. The Labute approximate surface area is 114 Å². The van der Waals surface area contributed by atoms with Gasteiger partial charge in [0, 0.05) is 20.6 Å². The molecule has 1 aromatic heterocycles. The number of hydrogen-bond donors (Lipinski definition) is 3. The van der Waals surface area contributed by atoms with Gasteiger partial charge in [-0.05, 0) is 0 Å². The summed E-state index contributed by atoms with van der Waals surface area (Å²) < 4.78 is 4.91. The lowest BCUT2D eigenvalue weighted by atomic mass is 10.4. The molecule has 1 heterocycles. The van der Waals surface area contributed by atoms with Crippen molar-refractivity contribution in [2.75, 3.05) is 44.5 Å². The van der Waals surface area contributed by atoms with Crippen LogP contribution in [0.4, 0.5) is 10.9 Å². The van der Waals surface area contributed by atoms with E-state index in [4.69, 9.17) is 16.2 Å². The van der Waals surface area contributed by atoms with E-state index in [1.165, 1.54) is 11.3 Å². The number of aromatic nitrogens is 1. The summed E-state index contributed by atoms with van der Waals surface area (Å²) in [5, 5.41) is 3.28. The van der Waals surface area contributed by atoms with Crippen molar-refractivity contribution in [3.8, 4) is 0 Å². The van der Waals surface area contributed by atoms with Crippen LogP contribution in [-0.2, 0) is 9.53 Å². The zero-order valence-electron chi connectivity index (χ0n) is 10.8. The monoisotopic (exact) mass is 287 g/mol. The number of ether oxygens (including phenoxy) is 1. The Kier molecular flexibility index (Phi) is 5.52. The number of carbonyl (C=O) groups is 2. The number of hydrogen-bond acceptors (Lipinski definition) is 7. The fourth-order valence-electron chi connectivity index (χ4n) is 1.16. The van der Waals surface area contributed by atoms with E-state index in [-0.39, 0.29) is 31.5 Å². The second-order valence-corrected chi connectivity index (χ2v) is 4.86. The highest BCUT2D eigenvalue weighted by atomic mass is 32.1. The largest absolute Gasteiger partial charge is 0.382 e. The SMILES string of the molecule is CN(C)c1nc(N)c(C(=O)NCCOCC(N)=O)s1. The predicted octanol–water partition coefficient (Wildman–Crippen LogP) is -0.977. The minimum Gasteiger partial charge on any atom is -0.382 e. The Balaban J connectivity index is 2.43. The molecule has 19 heavy (non-hydrogen) atoms. The van der Waals surface area contributed by atoms with Crippen LogP contribution in [0.1, 0.15) is 9.67 Å². The number of nitrogens with two attached hydrogens (primary N) is 2. The van der Waals surface area contributed by atoms with E-state index in [9.17, 15) is 9.59 Å². The maximum Gasteiger partial charge on any atom is 0.265 e. The average Bonchev–Trinajstić information content (AvgIpc) is 2.70. The lowest BCUT2D eigenvalue weighted by Crippen LogP contribution is -2.28.